The monoisotopic (exact) mass is 437 g/mol. The predicted octanol–water partition coefficient (Wildman–Crippen LogP) is 3.39. The summed E-state index contributed by atoms with van der Waals surface area (Å²) in [7, 11) is 0. The standard InChI is InChI=1S/C23H27N5O4/c1-16-6-4-10-24-21(16)25-22(29)18-7-5-13-27(15-18)23(30)17-8-9-19(20(14-17)28(31)32)26-11-2-3-12-26/h4,6,8-10,14,18H,2-3,5,7,11-13,15H2,1H3,(H,24,25,29). The highest BCUT2D eigenvalue weighted by molar-refractivity contribution is 5.97. The third-order valence-corrected chi connectivity index (χ3v) is 6.20. The number of hydrogen-bond acceptors (Lipinski definition) is 6. The fourth-order valence-corrected chi connectivity index (χ4v) is 4.42. The molecule has 0 saturated carbocycles. The summed E-state index contributed by atoms with van der Waals surface area (Å²) >= 11 is 0. The van der Waals surface area contributed by atoms with Crippen LogP contribution in [0.2, 0.25) is 0 Å². The van der Waals surface area contributed by atoms with Crippen LogP contribution in [0.3, 0.4) is 0 Å². The molecular weight excluding hydrogens is 410 g/mol. The Morgan fingerprint density at radius 2 is 1.94 bits per heavy atom. The zero-order valence-corrected chi connectivity index (χ0v) is 18.1. The molecule has 0 spiro atoms. The lowest BCUT2D eigenvalue weighted by Gasteiger charge is -2.32. The quantitative estimate of drug-likeness (QED) is 0.567. The molecule has 2 amide bonds. The Bertz CT molecular complexity index is 1030. The van der Waals surface area contributed by atoms with Crippen LogP contribution in [0, 0.1) is 23.0 Å². The molecule has 168 valence electrons. The normalized spacial score (nSPS) is 18.5. The predicted molar refractivity (Wildman–Crippen MR) is 121 cm³/mol. The Hall–Kier alpha value is -3.49. The van der Waals surface area contributed by atoms with Crippen molar-refractivity contribution < 1.29 is 14.5 Å². The zero-order chi connectivity index (χ0) is 22.7. The van der Waals surface area contributed by atoms with Gasteiger partial charge in [-0.3, -0.25) is 19.7 Å². The van der Waals surface area contributed by atoms with Gasteiger partial charge in [0.15, 0.2) is 0 Å². The van der Waals surface area contributed by atoms with Gasteiger partial charge >= 0.3 is 0 Å². The number of nitrogens with zero attached hydrogens (tertiary/aromatic N) is 4. The van der Waals surface area contributed by atoms with Gasteiger partial charge in [0.25, 0.3) is 11.6 Å². The third kappa shape index (κ3) is 4.56. The van der Waals surface area contributed by atoms with Crippen LogP contribution >= 0.6 is 0 Å². The summed E-state index contributed by atoms with van der Waals surface area (Å²) in [5, 5.41) is 14.5. The van der Waals surface area contributed by atoms with E-state index in [1.165, 1.54) is 6.07 Å². The molecule has 2 saturated heterocycles. The van der Waals surface area contributed by atoms with Crippen molar-refractivity contribution in [2.24, 2.45) is 5.92 Å². The smallest absolute Gasteiger partial charge is 0.293 e. The number of aromatic nitrogens is 1. The molecule has 2 aliphatic heterocycles. The number of carbonyl (C=O) groups excluding carboxylic acids is 2. The number of nitro benzene ring substituents is 1. The van der Waals surface area contributed by atoms with Crippen LogP contribution in [0.5, 0.6) is 0 Å². The highest BCUT2D eigenvalue weighted by Crippen LogP contribution is 2.32. The van der Waals surface area contributed by atoms with E-state index in [0.717, 1.165) is 31.5 Å². The minimum Gasteiger partial charge on any atom is -0.366 e. The van der Waals surface area contributed by atoms with Gasteiger partial charge in [-0.15, -0.1) is 0 Å². The van der Waals surface area contributed by atoms with E-state index in [4.69, 9.17) is 0 Å². The summed E-state index contributed by atoms with van der Waals surface area (Å²) in [6.07, 6.45) is 5.01. The Morgan fingerprint density at radius 3 is 2.66 bits per heavy atom. The molecule has 1 aromatic carbocycles. The summed E-state index contributed by atoms with van der Waals surface area (Å²) in [6, 6.07) is 8.38. The Labute approximate surface area is 186 Å². The first-order valence-corrected chi connectivity index (χ1v) is 11.0. The van der Waals surface area contributed by atoms with E-state index in [-0.39, 0.29) is 35.5 Å². The molecule has 3 heterocycles. The number of nitro groups is 1. The fourth-order valence-electron chi connectivity index (χ4n) is 4.42. The maximum Gasteiger partial charge on any atom is 0.293 e. The Kier molecular flexibility index (Phi) is 6.34. The van der Waals surface area contributed by atoms with Crippen molar-refractivity contribution in [3.05, 3.63) is 57.8 Å². The van der Waals surface area contributed by atoms with Gasteiger partial charge in [-0.1, -0.05) is 6.07 Å². The number of rotatable bonds is 5. The lowest BCUT2D eigenvalue weighted by atomic mass is 9.96. The number of nitrogens with one attached hydrogen (secondary N) is 1. The van der Waals surface area contributed by atoms with Gasteiger partial charge in [0.1, 0.15) is 11.5 Å². The highest BCUT2D eigenvalue weighted by Gasteiger charge is 2.31. The lowest BCUT2D eigenvalue weighted by Crippen LogP contribution is -2.43. The molecule has 4 rings (SSSR count). The topological polar surface area (TPSA) is 109 Å². The molecule has 2 fully saturated rings. The molecule has 1 atom stereocenters. The molecule has 9 heteroatoms. The van der Waals surface area contributed by atoms with Crippen molar-refractivity contribution in [2.45, 2.75) is 32.6 Å². The van der Waals surface area contributed by atoms with Crippen LogP contribution in [0.25, 0.3) is 0 Å². The number of piperidine rings is 1. The van der Waals surface area contributed by atoms with Gasteiger partial charge in [0.2, 0.25) is 5.91 Å². The molecule has 0 aliphatic carbocycles. The van der Waals surface area contributed by atoms with Crippen LogP contribution in [0.4, 0.5) is 17.2 Å². The van der Waals surface area contributed by atoms with Gasteiger partial charge in [-0.05, 0) is 56.4 Å². The van der Waals surface area contributed by atoms with E-state index in [0.29, 0.717) is 30.9 Å². The number of amides is 2. The van der Waals surface area contributed by atoms with E-state index in [1.807, 2.05) is 17.9 Å². The molecule has 1 N–H and O–H groups in total. The van der Waals surface area contributed by atoms with Gasteiger partial charge in [0, 0.05) is 44.0 Å². The van der Waals surface area contributed by atoms with E-state index in [2.05, 4.69) is 10.3 Å². The van der Waals surface area contributed by atoms with Crippen molar-refractivity contribution in [2.75, 3.05) is 36.4 Å². The fraction of sp³-hybridized carbons (Fsp3) is 0.435. The molecule has 0 radical (unpaired) electrons. The molecule has 0 bridgehead atoms. The SMILES string of the molecule is Cc1cccnc1NC(=O)C1CCCN(C(=O)c2ccc(N3CCCC3)c([N+](=O)[O-])c2)C1. The van der Waals surface area contributed by atoms with E-state index in [1.54, 1.807) is 29.3 Å². The first-order valence-electron chi connectivity index (χ1n) is 11.0. The van der Waals surface area contributed by atoms with Gasteiger partial charge in [-0.25, -0.2) is 4.98 Å². The number of benzene rings is 1. The summed E-state index contributed by atoms with van der Waals surface area (Å²) in [4.78, 5) is 45.0. The van der Waals surface area contributed by atoms with Crippen molar-refractivity contribution in [3.8, 4) is 0 Å². The molecule has 1 unspecified atom stereocenters. The number of anilines is 2. The van der Waals surface area contributed by atoms with E-state index >= 15 is 0 Å². The minimum absolute atomic E-state index is 0.0466. The van der Waals surface area contributed by atoms with Crippen LogP contribution in [-0.2, 0) is 4.79 Å². The van der Waals surface area contributed by atoms with Crippen molar-refractivity contribution in [1.29, 1.82) is 0 Å². The minimum atomic E-state index is -0.425. The largest absolute Gasteiger partial charge is 0.366 e. The zero-order valence-electron chi connectivity index (χ0n) is 18.1. The lowest BCUT2D eigenvalue weighted by molar-refractivity contribution is -0.384. The number of pyridine rings is 1. The average molecular weight is 438 g/mol. The third-order valence-electron chi connectivity index (χ3n) is 6.20. The van der Waals surface area contributed by atoms with Crippen LogP contribution in [-0.4, -0.2) is 52.8 Å². The number of aryl methyl sites for hydroxylation is 1. The first kappa shape index (κ1) is 21.7. The highest BCUT2D eigenvalue weighted by atomic mass is 16.6. The van der Waals surface area contributed by atoms with Crippen molar-refractivity contribution >= 4 is 29.0 Å². The molecule has 9 nitrogen and oxygen atoms in total. The Morgan fingerprint density at radius 1 is 1.16 bits per heavy atom. The summed E-state index contributed by atoms with van der Waals surface area (Å²) in [6.45, 7) is 4.24. The summed E-state index contributed by atoms with van der Waals surface area (Å²) in [5.41, 5.74) is 1.66. The van der Waals surface area contributed by atoms with Crippen LogP contribution in [0.1, 0.15) is 41.6 Å². The average Bonchev–Trinajstić information content (AvgIpc) is 3.34. The molecule has 1 aromatic heterocycles. The molecule has 32 heavy (non-hydrogen) atoms. The second-order valence-corrected chi connectivity index (χ2v) is 8.40. The van der Waals surface area contributed by atoms with E-state index < -0.39 is 4.92 Å². The van der Waals surface area contributed by atoms with Crippen LogP contribution in [0.15, 0.2) is 36.5 Å². The maximum atomic E-state index is 13.1. The van der Waals surface area contributed by atoms with Gasteiger partial charge < -0.3 is 15.1 Å². The second-order valence-electron chi connectivity index (χ2n) is 8.40. The van der Waals surface area contributed by atoms with E-state index in [9.17, 15) is 19.7 Å². The molecular formula is C23H27N5O4. The maximum absolute atomic E-state index is 13.1. The van der Waals surface area contributed by atoms with Gasteiger partial charge in [-0.2, -0.15) is 0 Å². The molecule has 2 aromatic rings. The first-order chi connectivity index (χ1) is 15.4. The van der Waals surface area contributed by atoms with Gasteiger partial charge in [0.05, 0.1) is 10.8 Å². The summed E-state index contributed by atoms with van der Waals surface area (Å²) in [5.74, 6) is -0.283. The number of carbonyl (C=O) groups is 2. The second kappa shape index (κ2) is 9.33. The molecule has 2 aliphatic rings. The Balaban J connectivity index is 1.48. The van der Waals surface area contributed by atoms with Crippen molar-refractivity contribution in [1.82, 2.24) is 9.88 Å². The van der Waals surface area contributed by atoms with Crippen molar-refractivity contribution in [3.63, 3.8) is 0 Å². The summed E-state index contributed by atoms with van der Waals surface area (Å²) < 4.78 is 0. The van der Waals surface area contributed by atoms with Crippen LogP contribution < -0.4 is 10.2 Å². The number of hydrogen-bond donors (Lipinski definition) is 1. The number of likely N-dealkylation sites (tertiary alicyclic amines) is 1.